The molecule has 0 bridgehead atoms. The molecular formula is C24H24FN7O3. The van der Waals surface area contributed by atoms with Gasteiger partial charge in [0, 0.05) is 24.8 Å². The number of hydrogen-bond acceptors (Lipinski definition) is 8. The quantitative estimate of drug-likeness (QED) is 0.410. The Bertz CT molecular complexity index is 1280. The first-order valence-corrected chi connectivity index (χ1v) is 11.2. The summed E-state index contributed by atoms with van der Waals surface area (Å²) in [4.78, 5) is 30.3. The number of amides is 1. The summed E-state index contributed by atoms with van der Waals surface area (Å²) in [7, 11) is 1.55. The number of nitrogens with zero attached hydrogens (tertiary/aromatic N) is 5. The molecule has 1 amide bonds. The van der Waals surface area contributed by atoms with Gasteiger partial charge in [0.2, 0.25) is 18.1 Å². The molecule has 11 heteroatoms. The van der Waals surface area contributed by atoms with Gasteiger partial charge < -0.3 is 19.8 Å². The smallest absolute Gasteiger partial charge is 0.239 e. The Hall–Kier alpha value is -3.88. The summed E-state index contributed by atoms with van der Waals surface area (Å²) in [5, 5.41) is 12.2. The third-order valence-electron chi connectivity index (χ3n) is 5.98. The van der Waals surface area contributed by atoms with Gasteiger partial charge in [-0.15, -0.1) is 0 Å². The lowest BCUT2D eigenvalue weighted by Crippen LogP contribution is -2.49. The molecule has 1 aliphatic carbocycles. The van der Waals surface area contributed by atoms with Gasteiger partial charge in [-0.3, -0.25) is 9.69 Å². The molecule has 2 aliphatic rings. The Labute approximate surface area is 201 Å². The first-order valence-electron chi connectivity index (χ1n) is 11.2. The van der Waals surface area contributed by atoms with Crippen LogP contribution in [-0.2, 0) is 14.3 Å². The van der Waals surface area contributed by atoms with Crippen molar-refractivity contribution >= 4 is 11.9 Å². The van der Waals surface area contributed by atoms with Gasteiger partial charge in [0.25, 0.3) is 0 Å². The molecule has 5 rings (SSSR count). The highest BCUT2D eigenvalue weighted by Gasteiger charge is 2.42. The van der Waals surface area contributed by atoms with E-state index in [-0.39, 0.29) is 36.9 Å². The zero-order valence-corrected chi connectivity index (χ0v) is 19.3. The Morgan fingerprint density at radius 3 is 2.60 bits per heavy atom. The average molecular weight is 478 g/mol. The van der Waals surface area contributed by atoms with Gasteiger partial charge in [0.05, 0.1) is 35.7 Å². The van der Waals surface area contributed by atoms with Gasteiger partial charge >= 0.3 is 0 Å². The van der Waals surface area contributed by atoms with E-state index in [1.54, 1.807) is 25.2 Å². The molecule has 1 aromatic carbocycles. The van der Waals surface area contributed by atoms with Crippen molar-refractivity contribution in [1.82, 2.24) is 25.3 Å². The second-order valence-electron chi connectivity index (χ2n) is 9.02. The van der Waals surface area contributed by atoms with E-state index in [9.17, 15) is 14.4 Å². The number of halogens is 1. The molecule has 1 saturated heterocycles. The van der Waals surface area contributed by atoms with Gasteiger partial charge in [0.15, 0.2) is 12.0 Å². The molecular weight excluding hydrogens is 453 g/mol. The van der Waals surface area contributed by atoms with Crippen LogP contribution in [0.4, 0.5) is 10.3 Å². The highest BCUT2D eigenvalue weighted by Crippen LogP contribution is 2.36. The van der Waals surface area contributed by atoms with E-state index < -0.39 is 11.7 Å². The molecule has 10 nitrogen and oxygen atoms in total. The number of anilines is 1. The lowest BCUT2D eigenvalue weighted by atomic mass is 9.91. The molecule has 35 heavy (non-hydrogen) atoms. The predicted octanol–water partition coefficient (Wildman–Crippen LogP) is 2.92. The first kappa shape index (κ1) is 22.9. The second-order valence-corrected chi connectivity index (χ2v) is 9.02. The minimum Gasteiger partial charge on any atom is -0.353 e. The lowest BCUT2D eigenvalue weighted by Gasteiger charge is -2.35. The number of carbonyl (C=O) groups excluding carboxylic acids is 1. The van der Waals surface area contributed by atoms with E-state index >= 15 is 0 Å². The van der Waals surface area contributed by atoms with Gasteiger partial charge in [-0.1, -0.05) is 0 Å². The number of H-pyrrole nitrogens is 1. The summed E-state index contributed by atoms with van der Waals surface area (Å²) >= 11 is 0. The number of rotatable bonds is 6. The Balaban J connectivity index is 1.45. The highest BCUT2D eigenvalue weighted by molar-refractivity contribution is 5.83. The topological polar surface area (TPSA) is 129 Å². The van der Waals surface area contributed by atoms with Crippen LogP contribution in [0.15, 0.2) is 36.5 Å². The minimum absolute atomic E-state index is 0.0827. The van der Waals surface area contributed by atoms with Gasteiger partial charge in [0.1, 0.15) is 5.82 Å². The van der Waals surface area contributed by atoms with E-state index in [0.717, 1.165) is 12.8 Å². The van der Waals surface area contributed by atoms with Crippen LogP contribution in [0.5, 0.6) is 0 Å². The fourth-order valence-electron chi connectivity index (χ4n) is 3.68. The van der Waals surface area contributed by atoms with E-state index in [4.69, 9.17) is 9.47 Å². The summed E-state index contributed by atoms with van der Waals surface area (Å²) in [6.45, 7) is 2.15. The summed E-state index contributed by atoms with van der Waals surface area (Å²) in [6, 6.07) is 7.86. The van der Waals surface area contributed by atoms with Gasteiger partial charge in [-0.2, -0.15) is 5.26 Å². The summed E-state index contributed by atoms with van der Waals surface area (Å²) in [5.41, 5.74) is 1.39. The molecule has 2 fully saturated rings. The zero-order valence-electron chi connectivity index (χ0n) is 19.3. The first-order chi connectivity index (χ1) is 16.9. The zero-order chi connectivity index (χ0) is 24.6. The van der Waals surface area contributed by atoms with Crippen molar-refractivity contribution in [3.63, 3.8) is 0 Å². The third-order valence-corrected chi connectivity index (χ3v) is 5.98. The summed E-state index contributed by atoms with van der Waals surface area (Å²) in [6.07, 6.45) is 4.69. The number of aromatic amines is 1. The molecule has 2 aromatic heterocycles. The van der Waals surface area contributed by atoms with E-state index in [1.165, 1.54) is 23.2 Å². The Morgan fingerprint density at radius 1 is 1.23 bits per heavy atom. The monoisotopic (exact) mass is 477 g/mol. The molecule has 0 unspecified atom stereocenters. The predicted molar refractivity (Wildman–Crippen MR) is 123 cm³/mol. The van der Waals surface area contributed by atoms with Crippen LogP contribution in [0.1, 0.15) is 31.9 Å². The van der Waals surface area contributed by atoms with E-state index in [0.29, 0.717) is 28.5 Å². The Kier molecular flexibility index (Phi) is 5.92. The van der Waals surface area contributed by atoms with E-state index in [2.05, 4.69) is 25.3 Å². The molecule has 0 radical (unpaired) electrons. The maximum atomic E-state index is 13.6. The summed E-state index contributed by atoms with van der Waals surface area (Å²) in [5.74, 6) is 0.154. The van der Waals surface area contributed by atoms with Crippen molar-refractivity contribution in [2.45, 2.75) is 32.1 Å². The standard InChI is InChI=1S/C24H24FN7O3/c1-24(22(33)28-16-7-8-16)11-34-21(35-12-24)20-30-18(14-3-5-15(25)6-4-14)19(31-20)17-9-10-27-23(29-17)32(2)13-26/h3-6,9-10,16,21H,7-8,11-12H2,1-2H3,(H,28,33)(H,30,31). The number of imidazole rings is 1. The van der Waals surface area contributed by atoms with Crippen molar-refractivity contribution < 1.29 is 18.7 Å². The number of carbonyl (C=O) groups is 1. The maximum Gasteiger partial charge on any atom is 0.239 e. The molecule has 0 spiro atoms. The number of hydrogen-bond donors (Lipinski definition) is 2. The molecule has 1 aliphatic heterocycles. The fourth-order valence-corrected chi connectivity index (χ4v) is 3.68. The molecule has 3 heterocycles. The Morgan fingerprint density at radius 2 is 1.94 bits per heavy atom. The van der Waals surface area contributed by atoms with Crippen LogP contribution in [0.25, 0.3) is 22.6 Å². The number of nitrogens with one attached hydrogen (secondary N) is 2. The lowest BCUT2D eigenvalue weighted by molar-refractivity contribution is -0.231. The minimum atomic E-state index is -0.826. The van der Waals surface area contributed by atoms with Crippen LogP contribution in [-0.4, -0.2) is 52.1 Å². The fraction of sp³-hybridized carbons (Fsp3) is 0.375. The number of ether oxygens (including phenoxy) is 2. The maximum absolute atomic E-state index is 13.6. The van der Waals surface area contributed by atoms with Crippen molar-refractivity contribution in [2.75, 3.05) is 25.2 Å². The van der Waals surface area contributed by atoms with E-state index in [1.807, 2.05) is 13.1 Å². The molecule has 2 N–H and O–H groups in total. The van der Waals surface area contributed by atoms with Crippen LogP contribution in [0, 0.1) is 22.7 Å². The highest BCUT2D eigenvalue weighted by atomic mass is 19.1. The average Bonchev–Trinajstić information content (AvgIpc) is 3.59. The second kappa shape index (κ2) is 9.05. The molecule has 3 aromatic rings. The van der Waals surface area contributed by atoms with Crippen LogP contribution in [0.2, 0.25) is 0 Å². The number of aromatic nitrogens is 4. The van der Waals surface area contributed by atoms with Crippen LogP contribution >= 0.6 is 0 Å². The number of nitriles is 1. The largest absolute Gasteiger partial charge is 0.353 e. The van der Waals surface area contributed by atoms with Crippen molar-refractivity contribution in [3.05, 3.63) is 48.2 Å². The SMILES string of the molecule is CN(C#N)c1nccc(-c2[nH]c(C3OCC(C)(C(=O)NC4CC4)CO3)nc2-c2ccc(F)cc2)n1. The number of benzene rings is 1. The van der Waals surface area contributed by atoms with Gasteiger partial charge in [-0.25, -0.2) is 19.3 Å². The van der Waals surface area contributed by atoms with Crippen LogP contribution in [0.3, 0.4) is 0 Å². The van der Waals surface area contributed by atoms with Crippen molar-refractivity contribution in [3.8, 4) is 28.8 Å². The van der Waals surface area contributed by atoms with Crippen molar-refractivity contribution in [2.24, 2.45) is 5.41 Å². The van der Waals surface area contributed by atoms with Gasteiger partial charge in [-0.05, 0) is 50.1 Å². The normalized spacial score (nSPS) is 21.8. The molecule has 1 saturated carbocycles. The summed E-state index contributed by atoms with van der Waals surface area (Å²) < 4.78 is 25.4. The molecule has 0 atom stereocenters. The third kappa shape index (κ3) is 4.71. The van der Waals surface area contributed by atoms with Crippen molar-refractivity contribution in [1.29, 1.82) is 5.26 Å². The van der Waals surface area contributed by atoms with Crippen LogP contribution < -0.4 is 10.2 Å². The molecule has 180 valence electrons.